The number of nitrogens with one attached hydrogen (secondary N) is 2. The molecule has 2 aromatic carbocycles. The highest BCUT2D eigenvalue weighted by molar-refractivity contribution is 5.79. The lowest BCUT2D eigenvalue weighted by atomic mass is 9.93. The molecule has 1 atom stereocenters. The van der Waals surface area contributed by atoms with Crippen molar-refractivity contribution in [2.24, 2.45) is 10.9 Å². The molecular formula is C23H29N3O2. The van der Waals surface area contributed by atoms with E-state index >= 15 is 0 Å². The molecular weight excluding hydrogens is 350 g/mol. The second-order valence-corrected chi connectivity index (χ2v) is 7.54. The minimum atomic E-state index is 0.428. The van der Waals surface area contributed by atoms with Gasteiger partial charge in [0.1, 0.15) is 11.5 Å². The Balaban J connectivity index is 1.31. The summed E-state index contributed by atoms with van der Waals surface area (Å²) in [5.74, 6) is 3.96. The second kappa shape index (κ2) is 9.00. The summed E-state index contributed by atoms with van der Waals surface area (Å²) in [4.78, 5) is 4.38. The second-order valence-electron chi connectivity index (χ2n) is 7.54. The molecule has 0 saturated heterocycles. The Morgan fingerprint density at radius 3 is 2.75 bits per heavy atom. The largest absolute Gasteiger partial charge is 0.493 e. The quantitative estimate of drug-likeness (QED) is 0.569. The fraction of sp³-hybridized carbons (Fsp3) is 0.435. The van der Waals surface area contributed by atoms with Crippen molar-refractivity contribution in [1.82, 2.24) is 10.6 Å². The minimum absolute atomic E-state index is 0.428. The predicted molar refractivity (Wildman–Crippen MR) is 112 cm³/mol. The Morgan fingerprint density at radius 2 is 1.89 bits per heavy atom. The average Bonchev–Trinajstić information content (AvgIpc) is 3.57. The predicted octanol–water partition coefficient (Wildman–Crippen LogP) is 3.71. The zero-order valence-corrected chi connectivity index (χ0v) is 16.5. The fourth-order valence-electron chi connectivity index (χ4n) is 3.53. The van der Waals surface area contributed by atoms with E-state index in [2.05, 4.69) is 46.0 Å². The summed E-state index contributed by atoms with van der Waals surface area (Å²) < 4.78 is 11.8. The van der Waals surface area contributed by atoms with Gasteiger partial charge in [0.2, 0.25) is 0 Å². The zero-order chi connectivity index (χ0) is 19.2. The van der Waals surface area contributed by atoms with Gasteiger partial charge in [-0.1, -0.05) is 36.4 Å². The highest BCUT2D eigenvalue weighted by Crippen LogP contribution is 2.33. The highest BCUT2D eigenvalue weighted by Gasteiger charge is 2.23. The number of para-hydroxylation sites is 2. The monoisotopic (exact) mass is 379 g/mol. The summed E-state index contributed by atoms with van der Waals surface area (Å²) in [6.45, 7) is 3.11. The van der Waals surface area contributed by atoms with E-state index in [0.717, 1.165) is 55.1 Å². The molecule has 1 saturated carbocycles. The van der Waals surface area contributed by atoms with Gasteiger partial charge in [0.05, 0.1) is 13.2 Å². The topological polar surface area (TPSA) is 54.9 Å². The van der Waals surface area contributed by atoms with Crippen LogP contribution in [0.4, 0.5) is 0 Å². The van der Waals surface area contributed by atoms with Crippen LogP contribution in [0.25, 0.3) is 0 Å². The van der Waals surface area contributed by atoms with Crippen LogP contribution >= 0.6 is 0 Å². The molecule has 1 aliphatic heterocycles. The zero-order valence-electron chi connectivity index (χ0n) is 16.5. The Labute approximate surface area is 167 Å². The number of nitrogens with zero attached hydrogens (tertiary/aromatic N) is 1. The number of aliphatic imine (C=N–C) groups is 1. The van der Waals surface area contributed by atoms with Crippen LogP contribution in [0.1, 0.15) is 36.3 Å². The van der Waals surface area contributed by atoms with Crippen LogP contribution in [0.3, 0.4) is 0 Å². The van der Waals surface area contributed by atoms with Gasteiger partial charge in [0.25, 0.3) is 0 Å². The smallest absolute Gasteiger partial charge is 0.191 e. The van der Waals surface area contributed by atoms with Gasteiger partial charge in [-0.3, -0.25) is 4.99 Å². The summed E-state index contributed by atoms with van der Waals surface area (Å²) in [7, 11) is 1.81. The SMILES string of the molecule is CN=C(NCc1ccccc1OCC1CC1)NCC1CCOc2ccccc21. The number of fused-ring (bicyclic) bond motifs is 1. The molecule has 1 unspecified atom stereocenters. The fourth-order valence-corrected chi connectivity index (χ4v) is 3.53. The third-order valence-electron chi connectivity index (χ3n) is 5.41. The van der Waals surface area contributed by atoms with Crippen LogP contribution in [0, 0.1) is 5.92 Å². The first-order valence-electron chi connectivity index (χ1n) is 10.2. The molecule has 5 heteroatoms. The Hall–Kier alpha value is -2.69. The minimum Gasteiger partial charge on any atom is -0.493 e. The molecule has 4 rings (SSSR count). The van der Waals surface area contributed by atoms with Crippen LogP contribution in [0.2, 0.25) is 0 Å². The van der Waals surface area contributed by atoms with Crippen molar-refractivity contribution in [2.75, 3.05) is 26.8 Å². The maximum atomic E-state index is 6.01. The van der Waals surface area contributed by atoms with Gasteiger partial charge < -0.3 is 20.1 Å². The van der Waals surface area contributed by atoms with E-state index in [1.807, 2.05) is 25.2 Å². The molecule has 1 aliphatic carbocycles. The molecule has 28 heavy (non-hydrogen) atoms. The number of hydrogen-bond acceptors (Lipinski definition) is 3. The molecule has 2 aromatic rings. The van der Waals surface area contributed by atoms with Crippen molar-refractivity contribution in [1.29, 1.82) is 0 Å². The summed E-state index contributed by atoms with van der Waals surface area (Å²) in [5.41, 5.74) is 2.43. The molecule has 0 amide bonds. The van der Waals surface area contributed by atoms with Crippen molar-refractivity contribution in [3.8, 4) is 11.5 Å². The molecule has 148 valence electrons. The standard InChI is InChI=1S/C23H29N3O2/c1-24-23(25-14-18-12-13-27-22-9-5-3-7-20(18)22)26-15-19-6-2-4-8-21(19)28-16-17-10-11-17/h2-9,17-18H,10-16H2,1H3,(H2,24,25,26). The summed E-state index contributed by atoms with van der Waals surface area (Å²) in [5, 5.41) is 6.89. The first-order valence-corrected chi connectivity index (χ1v) is 10.2. The Kier molecular flexibility index (Phi) is 6.00. The van der Waals surface area contributed by atoms with Crippen LogP contribution in [0.5, 0.6) is 11.5 Å². The van der Waals surface area contributed by atoms with Crippen molar-refractivity contribution in [2.45, 2.75) is 31.7 Å². The van der Waals surface area contributed by atoms with Gasteiger partial charge in [-0.05, 0) is 42.9 Å². The molecule has 0 aromatic heterocycles. The molecule has 5 nitrogen and oxygen atoms in total. The van der Waals surface area contributed by atoms with Gasteiger partial charge in [-0.15, -0.1) is 0 Å². The van der Waals surface area contributed by atoms with Crippen molar-refractivity contribution in [3.05, 3.63) is 59.7 Å². The normalized spacial score (nSPS) is 18.8. The van der Waals surface area contributed by atoms with E-state index in [1.165, 1.54) is 18.4 Å². The van der Waals surface area contributed by atoms with Gasteiger partial charge >= 0.3 is 0 Å². The molecule has 0 radical (unpaired) electrons. The average molecular weight is 380 g/mol. The lowest BCUT2D eigenvalue weighted by molar-refractivity contribution is 0.267. The van der Waals surface area contributed by atoms with E-state index < -0.39 is 0 Å². The lowest BCUT2D eigenvalue weighted by Gasteiger charge is -2.26. The Morgan fingerprint density at radius 1 is 1.07 bits per heavy atom. The summed E-state index contributed by atoms with van der Waals surface area (Å²) in [6.07, 6.45) is 3.61. The molecule has 1 heterocycles. The number of hydrogen-bond donors (Lipinski definition) is 2. The van der Waals surface area contributed by atoms with E-state index in [1.54, 1.807) is 0 Å². The number of benzene rings is 2. The number of ether oxygens (including phenoxy) is 2. The number of guanidine groups is 1. The lowest BCUT2D eigenvalue weighted by Crippen LogP contribution is -2.39. The van der Waals surface area contributed by atoms with Crippen LogP contribution in [-0.4, -0.2) is 32.8 Å². The third kappa shape index (κ3) is 4.77. The van der Waals surface area contributed by atoms with Gasteiger partial charge in [0.15, 0.2) is 5.96 Å². The van der Waals surface area contributed by atoms with Crippen LogP contribution in [-0.2, 0) is 6.54 Å². The molecule has 0 spiro atoms. The number of rotatable bonds is 7. The van der Waals surface area contributed by atoms with Crippen molar-refractivity contribution < 1.29 is 9.47 Å². The molecule has 2 N–H and O–H groups in total. The van der Waals surface area contributed by atoms with Gasteiger partial charge in [0, 0.05) is 31.6 Å². The van der Waals surface area contributed by atoms with Gasteiger partial charge in [-0.2, -0.15) is 0 Å². The van der Waals surface area contributed by atoms with Crippen LogP contribution in [0.15, 0.2) is 53.5 Å². The maximum Gasteiger partial charge on any atom is 0.191 e. The van der Waals surface area contributed by atoms with E-state index in [4.69, 9.17) is 9.47 Å². The van der Waals surface area contributed by atoms with E-state index in [-0.39, 0.29) is 0 Å². The van der Waals surface area contributed by atoms with Crippen molar-refractivity contribution >= 4 is 5.96 Å². The van der Waals surface area contributed by atoms with Crippen LogP contribution < -0.4 is 20.1 Å². The molecule has 0 bridgehead atoms. The first-order chi connectivity index (χ1) is 13.8. The first kappa shape index (κ1) is 18.7. The third-order valence-corrected chi connectivity index (χ3v) is 5.41. The van der Waals surface area contributed by atoms with E-state index in [0.29, 0.717) is 12.5 Å². The van der Waals surface area contributed by atoms with Crippen molar-refractivity contribution in [3.63, 3.8) is 0 Å². The molecule has 2 aliphatic rings. The molecule has 1 fully saturated rings. The maximum absolute atomic E-state index is 6.01. The Bertz CT molecular complexity index is 817. The van der Waals surface area contributed by atoms with Gasteiger partial charge in [-0.25, -0.2) is 0 Å². The van der Waals surface area contributed by atoms with E-state index in [9.17, 15) is 0 Å². The summed E-state index contributed by atoms with van der Waals surface area (Å²) >= 11 is 0. The summed E-state index contributed by atoms with van der Waals surface area (Å²) in [6, 6.07) is 16.5. The highest BCUT2D eigenvalue weighted by atomic mass is 16.5.